The number of benzene rings is 1. The minimum Gasteiger partial charge on any atom is -0.393 e. The number of hydrogen-bond acceptors (Lipinski definition) is 4. The zero-order valence-corrected chi connectivity index (χ0v) is 15.0. The molecule has 1 aliphatic rings. The Morgan fingerprint density at radius 3 is 2.65 bits per heavy atom. The van der Waals surface area contributed by atoms with Gasteiger partial charge in [-0.05, 0) is 43.0 Å². The highest BCUT2D eigenvalue weighted by atomic mass is 32.2. The SMILES string of the molecule is C[C@@H](O)CCNS(=O)(=O)c1ccc2c(c1)CN(C(=O)CC(F)(F)F)CC2. The summed E-state index contributed by atoms with van der Waals surface area (Å²) < 4.78 is 64.1. The van der Waals surface area contributed by atoms with Crippen molar-refractivity contribution >= 4 is 15.9 Å². The van der Waals surface area contributed by atoms with Crippen molar-refractivity contribution in [3.8, 4) is 0 Å². The molecule has 1 heterocycles. The van der Waals surface area contributed by atoms with Gasteiger partial charge in [0, 0.05) is 19.6 Å². The van der Waals surface area contributed by atoms with E-state index in [0.29, 0.717) is 12.0 Å². The molecule has 0 aromatic heterocycles. The molecule has 0 unspecified atom stereocenters. The van der Waals surface area contributed by atoms with Gasteiger partial charge in [0.1, 0.15) is 6.42 Å². The van der Waals surface area contributed by atoms with Crippen LogP contribution in [0.15, 0.2) is 23.1 Å². The third-order valence-electron chi connectivity index (χ3n) is 4.06. The summed E-state index contributed by atoms with van der Waals surface area (Å²) in [5, 5.41) is 9.19. The maximum atomic E-state index is 12.4. The molecule has 1 amide bonds. The van der Waals surface area contributed by atoms with Gasteiger partial charge in [0.25, 0.3) is 0 Å². The summed E-state index contributed by atoms with van der Waals surface area (Å²) in [6.45, 7) is 1.72. The Bertz CT molecular complexity index is 763. The molecule has 1 aromatic carbocycles. The molecule has 2 N–H and O–H groups in total. The van der Waals surface area contributed by atoms with E-state index in [1.54, 1.807) is 13.0 Å². The van der Waals surface area contributed by atoms with E-state index >= 15 is 0 Å². The first kappa shape index (κ1) is 20.7. The van der Waals surface area contributed by atoms with Crippen LogP contribution in [0.5, 0.6) is 0 Å². The Kier molecular flexibility index (Phi) is 6.30. The molecule has 1 atom stereocenters. The van der Waals surface area contributed by atoms with E-state index in [1.807, 2.05) is 0 Å². The molecule has 0 spiro atoms. The summed E-state index contributed by atoms with van der Waals surface area (Å²) in [6.07, 6.45) is -6.12. The fourth-order valence-electron chi connectivity index (χ4n) is 2.68. The van der Waals surface area contributed by atoms with Crippen LogP contribution >= 0.6 is 0 Å². The van der Waals surface area contributed by atoms with E-state index in [0.717, 1.165) is 10.5 Å². The zero-order chi connectivity index (χ0) is 19.5. The fourth-order valence-corrected chi connectivity index (χ4v) is 3.78. The van der Waals surface area contributed by atoms with Crippen molar-refractivity contribution in [2.45, 2.75) is 49.9 Å². The largest absolute Gasteiger partial charge is 0.397 e. The molecule has 1 aliphatic heterocycles. The van der Waals surface area contributed by atoms with E-state index in [-0.39, 0.29) is 31.0 Å². The van der Waals surface area contributed by atoms with Crippen LogP contribution in [0.25, 0.3) is 0 Å². The van der Waals surface area contributed by atoms with Gasteiger partial charge in [0.05, 0.1) is 11.0 Å². The second kappa shape index (κ2) is 7.93. The Hall–Kier alpha value is -1.65. The van der Waals surface area contributed by atoms with Crippen LogP contribution in [0.4, 0.5) is 13.2 Å². The van der Waals surface area contributed by atoms with Crippen LogP contribution in [0.3, 0.4) is 0 Å². The molecule has 1 aromatic rings. The number of amides is 1. The lowest BCUT2D eigenvalue weighted by Crippen LogP contribution is -2.38. The van der Waals surface area contributed by atoms with Gasteiger partial charge in [0.15, 0.2) is 0 Å². The Balaban J connectivity index is 2.12. The predicted octanol–water partition coefficient (Wildman–Crippen LogP) is 1.57. The van der Waals surface area contributed by atoms with Crippen LogP contribution in [-0.4, -0.2) is 49.7 Å². The number of aliphatic hydroxyl groups excluding tert-OH is 1. The summed E-state index contributed by atoms with van der Waals surface area (Å²) in [7, 11) is -3.80. The normalized spacial score (nSPS) is 16.3. The number of aliphatic hydroxyl groups is 1. The number of nitrogens with one attached hydrogen (secondary N) is 1. The van der Waals surface area contributed by atoms with Crippen LogP contribution in [0.1, 0.15) is 30.9 Å². The summed E-state index contributed by atoms with van der Waals surface area (Å²) in [6, 6.07) is 4.42. The third-order valence-corrected chi connectivity index (χ3v) is 5.52. The Morgan fingerprint density at radius 2 is 2.04 bits per heavy atom. The van der Waals surface area contributed by atoms with E-state index in [9.17, 15) is 31.5 Å². The van der Waals surface area contributed by atoms with Gasteiger partial charge in [0.2, 0.25) is 15.9 Å². The van der Waals surface area contributed by atoms with Crippen molar-refractivity contribution < 1.29 is 31.5 Å². The van der Waals surface area contributed by atoms with Crippen LogP contribution in [-0.2, 0) is 27.8 Å². The molecule has 0 radical (unpaired) electrons. The maximum Gasteiger partial charge on any atom is 0.397 e. The standard InChI is InChI=1S/C16H21F3N2O4S/c1-11(22)4-6-20-26(24,25)14-3-2-12-5-7-21(10-13(12)8-14)15(23)9-16(17,18)19/h2-3,8,11,20,22H,4-7,9-10H2,1H3/t11-/m1/s1. The van der Waals surface area contributed by atoms with E-state index in [1.165, 1.54) is 12.1 Å². The predicted molar refractivity (Wildman–Crippen MR) is 87.7 cm³/mol. The average Bonchev–Trinajstić information content (AvgIpc) is 2.51. The number of fused-ring (bicyclic) bond motifs is 1. The Labute approximate surface area is 150 Å². The van der Waals surface area contributed by atoms with Gasteiger partial charge >= 0.3 is 6.18 Å². The number of nitrogens with zero attached hydrogens (tertiary/aromatic N) is 1. The van der Waals surface area contributed by atoms with Crippen molar-refractivity contribution in [3.05, 3.63) is 29.3 Å². The maximum absolute atomic E-state index is 12.4. The highest BCUT2D eigenvalue weighted by Crippen LogP contribution is 2.26. The summed E-state index contributed by atoms with van der Waals surface area (Å²) in [4.78, 5) is 12.8. The molecular weight excluding hydrogens is 373 g/mol. The van der Waals surface area contributed by atoms with Crippen molar-refractivity contribution in [1.82, 2.24) is 9.62 Å². The molecule has 0 saturated carbocycles. The van der Waals surface area contributed by atoms with Crippen molar-refractivity contribution in [2.24, 2.45) is 0 Å². The molecule has 0 fully saturated rings. The zero-order valence-electron chi connectivity index (χ0n) is 14.2. The second-order valence-electron chi connectivity index (χ2n) is 6.32. The van der Waals surface area contributed by atoms with Gasteiger partial charge in [-0.15, -0.1) is 0 Å². The van der Waals surface area contributed by atoms with Crippen LogP contribution in [0.2, 0.25) is 0 Å². The first-order chi connectivity index (χ1) is 12.0. The number of carbonyl (C=O) groups excluding carboxylic acids is 1. The van der Waals surface area contributed by atoms with E-state index < -0.39 is 34.6 Å². The lowest BCUT2D eigenvalue weighted by molar-refractivity contribution is -0.162. The highest BCUT2D eigenvalue weighted by Gasteiger charge is 2.34. The van der Waals surface area contributed by atoms with Crippen molar-refractivity contribution in [2.75, 3.05) is 13.1 Å². The van der Waals surface area contributed by atoms with Crippen LogP contribution in [0, 0.1) is 0 Å². The van der Waals surface area contributed by atoms with E-state index in [2.05, 4.69) is 4.72 Å². The Morgan fingerprint density at radius 1 is 1.35 bits per heavy atom. The third kappa shape index (κ3) is 5.68. The second-order valence-corrected chi connectivity index (χ2v) is 8.09. The van der Waals surface area contributed by atoms with Gasteiger partial charge in [-0.2, -0.15) is 13.2 Å². The lowest BCUT2D eigenvalue weighted by Gasteiger charge is -2.29. The smallest absolute Gasteiger partial charge is 0.393 e. The first-order valence-corrected chi connectivity index (χ1v) is 9.60. The highest BCUT2D eigenvalue weighted by molar-refractivity contribution is 7.89. The fraction of sp³-hybridized carbons (Fsp3) is 0.562. The number of carbonyl (C=O) groups is 1. The molecule has 0 saturated heterocycles. The topological polar surface area (TPSA) is 86.7 Å². The number of sulfonamides is 1. The molecule has 26 heavy (non-hydrogen) atoms. The van der Waals surface area contributed by atoms with Crippen molar-refractivity contribution in [3.63, 3.8) is 0 Å². The van der Waals surface area contributed by atoms with Gasteiger partial charge < -0.3 is 10.0 Å². The number of halogens is 3. The molecule has 146 valence electrons. The number of hydrogen-bond donors (Lipinski definition) is 2. The average molecular weight is 394 g/mol. The molecule has 2 rings (SSSR count). The lowest BCUT2D eigenvalue weighted by atomic mass is 9.99. The van der Waals surface area contributed by atoms with Crippen LogP contribution < -0.4 is 4.72 Å². The quantitative estimate of drug-likeness (QED) is 0.767. The molecular formula is C16H21F3N2O4S. The number of rotatable bonds is 6. The van der Waals surface area contributed by atoms with E-state index in [4.69, 9.17) is 0 Å². The molecule has 10 heteroatoms. The summed E-state index contributed by atoms with van der Waals surface area (Å²) >= 11 is 0. The van der Waals surface area contributed by atoms with Crippen molar-refractivity contribution in [1.29, 1.82) is 0 Å². The first-order valence-electron chi connectivity index (χ1n) is 8.12. The van der Waals surface area contributed by atoms with Gasteiger partial charge in [-0.3, -0.25) is 4.79 Å². The van der Waals surface area contributed by atoms with Gasteiger partial charge in [-0.25, -0.2) is 13.1 Å². The van der Waals surface area contributed by atoms with Gasteiger partial charge in [-0.1, -0.05) is 6.07 Å². The summed E-state index contributed by atoms with van der Waals surface area (Å²) in [5.74, 6) is -1.02. The minimum absolute atomic E-state index is 0.0213. The molecule has 0 bridgehead atoms. The number of alkyl halides is 3. The molecule has 0 aliphatic carbocycles. The summed E-state index contributed by atoms with van der Waals surface area (Å²) in [5.41, 5.74) is 1.33. The minimum atomic E-state index is -4.57. The monoisotopic (exact) mass is 394 g/mol. The molecule has 6 nitrogen and oxygen atoms in total.